The Kier molecular flexibility index (Phi) is 2.89. The average Bonchev–Trinajstić information content (AvgIpc) is 2.69. The quantitative estimate of drug-likeness (QED) is 0.818. The van der Waals surface area contributed by atoms with E-state index in [1.807, 2.05) is 35.9 Å². The highest BCUT2D eigenvalue weighted by molar-refractivity contribution is 7.07. The molecule has 2 aromatic rings. The van der Waals surface area contributed by atoms with Crippen molar-refractivity contribution in [1.82, 2.24) is 0 Å². The van der Waals surface area contributed by atoms with Crippen LogP contribution in [0.15, 0.2) is 35.0 Å². The molecule has 0 bridgehead atoms. The van der Waals surface area contributed by atoms with Gasteiger partial charge in [-0.1, -0.05) is 23.8 Å². The van der Waals surface area contributed by atoms with Crippen LogP contribution in [0, 0.1) is 13.8 Å². The third-order valence-electron chi connectivity index (χ3n) is 2.58. The van der Waals surface area contributed by atoms with E-state index in [1.165, 1.54) is 5.56 Å². The number of aliphatic hydroxyl groups excluding tert-OH is 1. The van der Waals surface area contributed by atoms with Gasteiger partial charge in [0.15, 0.2) is 0 Å². The molecule has 1 heterocycles. The fourth-order valence-corrected chi connectivity index (χ4v) is 2.42. The van der Waals surface area contributed by atoms with Crippen molar-refractivity contribution in [3.63, 3.8) is 0 Å². The molecule has 0 saturated carbocycles. The number of hydrogen-bond acceptors (Lipinski definition) is 2. The van der Waals surface area contributed by atoms with Crippen molar-refractivity contribution in [3.8, 4) is 0 Å². The van der Waals surface area contributed by atoms with E-state index >= 15 is 0 Å². The summed E-state index contributed by atoms with van der Waals surface area (Å²) in [5.74, 6) is 0. The lowest BCUT2D eigenvalue weighted by Gasteiger charge is -2.12. The first kappa shape index (κ1) is 10.4. The predicted octanol–water partition coefficient (Wildman–Crippen LogP) is 3.45. The van der Waals surface area contributed by atoms with Crippen molar-refractivity contribution in [1.29, 1.82) is 0 Å². The molecule has 0 unspecified atom stereocenters. The normalized spacial score (nSPS) is 12.7. The van der Waals surface area contributed by atoms with Gasteiger partial charge in [0.25, 0.3) is 0 Å². The highest BCUT2D eigenvalue weighted by atomic mass is 32.1. The molecule has 0 aliphatic heterocycles. The van der Waals surface area contributed by atoms with E-state index in [-0.39, 0.29) is 0 Å². The van der Waals surface area contributed by atoms with Crippen LogP contribution in [0.5, 0.6) is 0 Å². The topological polar surface area (TPSA) is 20.2 Å². The van der Waals surface area contributed by atoms with Crippen LogP contribution in [-0.2, 0) is 0 Å². The van der Waals surface area contributed by atoms with Crippen LogP contribution in [0.3, 0.4) is 0 Å². The zero-order valence-electron chi connectivity index (χ0n) is 8.90. The molecular formula is C13H14OS. The maximum absolute atomic E-state index is 10.2. The summed E-state index contributed by atoms with van der Waals surface area (Å²) in [5, 5.41) is 14.1. The number of aliphatic hydroxyl groups is 1. The third-order valence-corrected chi connectivity index (χ3v) is 3.28. The van der Waals surface area contributed by atoms with Crippen LogP contribution < -0.4 is 0 Å². The molecule has 15 heavy (non-hydrogen) atoms. The average molecular weight is 218 g/mol. The fourth-order valence-electron chi connectivity index (χ4n) is 1.74. The van der Waals surface area contributed by atoms with Crippen LogP contribution >= 0.6 is 11.3 Å². The Hall–Kier alpha value is -1.12. The highest BCUT2D eigenvalue weighted by Gasteiger charge is 2.12. The molecule has 0 amide bonds. The summed E-state index contributed by atoms with van der Waals surface area (Å²) in [7, 11) is 0. The minimum absolute atomic E-state index is 0.489. The van der Waals surface area contributed by atoms with Gasteiger partial charge in [-0.25, -0.2) is 0 Å². The van der Waals surface area contributed by atoms with E-state index < -0.39 is 6.10 Å². The molecular weight excluding hydrogens is 204 g/mol. The lowest BCUT2D eigenvalue weighted by atomic mass is 9.98. The largest absolute Gasteiger partial charge is 0.384 e. The number of benzene rings is 1. The molecule has 0 spiro atoms. The van der Waals surface area contributed by atoms with Gasteiger partial charge in [0, 0.05) is 0 Å². The van der Waals surface area contributed by atoms with Crippen LogP contribution in [0.2, 0.25) is 0 Å². The minimum atomic E-state index is -0.489. The van der Waals surface area contributed by atoms with Gasteiger partial charge in [-0.05, 0) is 47.4 Å². The zero-order valence-corrected chi connectivity index (χ0v) is 9.71. The first-order valence-corrected chi connectivity index (χ1v) is 5.90. The van der Waals surface area contributed by atoms with Crippen molar-refractivity contribution in [3.05, 3.63) is 57.3 Å². The van der Waals surface area contributed by atoms with Gasteiger partial charge in [-0.15, -0.1) is 0 Å². The maximum Gasteiger partial charge on any atom is 0.105 e. The van der Waals surface area contributed by atoms with E-state index in [0.717, 1.165) is 16.7 Å². The molecule has 1 aromatic carbocycles. The second kappa shape index (κ2) is 4.17. The zero-order chi connectivity index (χ0) is 10.8. The summed E-state index contributed by atoms with van der Waals surface area (Å²) in [4.78, 5) is 0. The van der Waals surface area contributed by atoms with Gasteiger partial charge in [-0.3, -0.25) is 0 Å². The van der Waals surface area contributed by atoms with Crippen molar-refractivity contribution in [2.45, 2.75) is 20.0 Å². The summed E-state index contributed by atoms with van der Waals surface area (Å²) in [5.41, 5.74) is 4.36. The Morgan fingerprint density at radius 2 is 2.00 bits per heavy atom. The van der Waals surface area contributed by atoms with Crippen LogP contribution in [0.25, 0.3) is 0 Å². The molecule has 1 nitrogen and oxygen atoms in total. The molecule has 0 radical (unpaired) electrons. The summed E-state index contributed by atoms with van der Waals surface area (Å²) in [6.45, 7) is 4.10. The summed E-state index contributed by atoms with van der Waals surface area (Å²) in [6.07, 6.45) is -0.489. The molecule has 0 aliphatic carbocycles. The monoisotopic (exact) mass is 218 g/mol. The van der Waals surface area contributed by atoms with Crippen LogP contribution in [0.1, 0.15) is 28.4 Å². The Labute approximate surface area is 94.0 Å². The van der Waals surface area contributed by atoms with E-state index in [1.54, 1.807) is 11.3 Å². The van der Waals surface area contributed by atoms with E-state index in [0.29, 0.717) is 0 Å². The van der Waals surface area contributed by atoms with Gasteiger partial charge in [-0.2, -0.15) is 11.3 Å². The molecule has 1 atom stereocenters. The third kappa shape index (κ3) is 2.11. The Morgan fingerprint density at radius 1 is 1.20 bits per heavy atom. The van der Waals surface area contributed by atoms with Crippen molar-refractivity contribution < 1.29 is 5.11 Å². The Balaban J connectivity index is 2.38. The first-order chi connectivity index (χ1) is 7.18. The molecule has 78 valence electrons. The minimum Gasteiger partial charge on any atom is -0.384 e. The van der Waals surface area contributed by atoms with E-state index in [4.69, 9.17) is 0 Å². The number of thiophene rings is 1. The smallest absolute Gasteiger partial charge is 0.105 e. The molecule has 0 fully saturated rings. The van der Waals surface area contributed by atoms with Crippen LogP contribution in [0.4, 0.5) is 0 Å². The molecule has 2 heteroatoms. The predicted molar refractivity (Wildman–Crippen MR) is 64.3 cm³/mol. The summed E-state index contributed by atoms with van der Waals surface area (Å²) in [6, 6.07) is 8.12. The van der Waals surface area contributed by atoms with Crippen molar-refractivity contribution in [2.24, 2.45) is 0 Å². The number of hydrogen-bond donors (Lipinski definition) is 1. The molecule has 1 aromatic heterocycles. The Bertz CT molecular complexity index is 446. The summed E-state index contributed by atoms with van der Waals surface area (Å²) < 4.78 is 0. The fraction of sp³-hybridized carbons (Fsp3) is 0.231. The number of aryl methyl sites for hydroxylation is 2. The standard InChI is InChI=1S/C13H14OS/c1-9-3-4-12(10(2)7-9)13(14)11-5-6-15-8-11/h3-8,13-14H,1-2H3/t13-/m1/s1. The van der Waals surface area contributed by atoms with Crippen molar-refractivity contribution >= 4 is 11.3 Å². The van der Waals surface area contributed by atoms with Gasteiger partial charge < -0.3 is 5.11 Å². The maximum atomic E-state index is 10.2. The Morgan fingerprint density at radius 3 is 2.60 bits per heavy atom. The number of rotatable bonds is 2. The molecule has 1 N–H and O–H groups in total. The lowest BCUT2D eigenvalue weighted by molar-refractivity contribution is 0.220. The second-order valence-corrected chi connectivity index (χ2v) is 4.60. The highest BCUT2D eigenvalue weighted by Crippen LogP contribution is 2.26. The van der Waals surface area contributed by atoms with Crippen LogP contribution in [-0.4, -0.2) is 5.11 Å². The van der Waals surface area contributed by atoms with E-state index in [2.05, 4.69) is 13.0 Å². The first-order valence-electron chi connectivity index (χ1n) is 4.96. The molecule has 0 aliphatic rings. The van der Waals surface area contributed by atoms with Gasteiger partial charge in [0.05, 0.1) is 0 Å². The summed E-state index contributed by atoms with van der Waals surface area (Å²) >= 11 is 1.61. The second-order valence-electron chi connectivity index (χ2n) is 3.82. The molecule has 0 saturated heterocycles. The van der Waals surface area contributed by atoms with Gasteiger partial charge in [0.2, 0.25) is 0 Å². The van der Waals surface area contributed by atoms with Crippen molar-refractivity contribution in [2.75, 3.05) is 0 Å². The molecule has 2 rings (SSSR count). The van der Waals surface area contributed by atoms with Gasteiger partial charge >= 0.3 is 0 Å². The lowest BCUT2D eigenvalue weighted by Crippen LogP contribution is -2.00. The SMILES string of the molecule is Cc1ccc([C@H](O)c2ccsc2)c(C)c1. The van der Waals surface area contributed by atoms with Gasteiger partial charge in [0.1, 0.15) is 6.10 Å². The van der Waals surface area contributed by atoms with E-state index in [9.17, 15) is 5.11 Å².